The number of nitrogens with zero attached hydrogens (tertiary/aromatic N) is 1. The number of thiophene rings is 1. The summed E-state index contributed by atoms with van der Waals surface area (Å²) in [6.45, 7) is 3.95. The van der Waals surface area contributed by atoms with Crippen molar-refractivity contribution >= 4 is 17.2 Å². The molecule has 1 aromatic carbocycles. The smallest absolute Gasteiger partial charge is 0.254 e. The zero-order valence-electron chi connectivity index (χ0n) is 15.6. The molecule has 2 heterocycles. The van der Waals surface area contributed by atoms with Gasteiger partial charge in [0.1, 0.15) is 11.5 Å². The summed E-state index contributed by atoms with van der Waals surface area (Å²) in [7, 11) is 0. The summed E-state index contributed by atoms with van der Waals surface area (Å²) in [6, 6.07) is 15.3. The van der Waals surface area contributed by atoms with Crippen LogP contribution in [0.1, 0.15) is 40.8 Å². The van der Waals surface area contributed by atoms with Gasteiger partial charge in [-0.25, -0.2) is 0 Å². The fourth-order valence-corrected chi connectivity index (χ4v) is 3.45. The second-order valence-corrected chi connectivity index (χ2v) is 7.39. The number of ether oxygens (including phenoxy) is 1. The van der Waals surface area contributed by atoms with Crippen molar-refractivity contribution in [3.05, 3.63) is 76.4 Å². The highest BCUT2D eigenvalue weighted by Gasteiger charge is 2.17. The van der Waals surface area contributed by atoms with Gasteiger partial charge < -0.3 is 14.1 Å². The van der Waals surface area contributed by atoms with Crippen LogP contribution < -0.4 is 4.74 Å². The quantitative estimate of drug-likeness (QED) is 0.440. The highest BCUT2D eigenvalue weighted by molar-refractivity contribution is 7.09. The molecular weight excluding hydrogens is 358 g/mol. The molecule has 0 fully saturated rings. The molecule has 142 valence electrons. The molecule has 0 atom stereocenters. The molecule has 0 N–H and O–H groups in total. The number of amides is 1. The maximum Gasteiger partial charge on any atom is 0.254 e. The lowest BCUT2D eigenvalue weighted by Crippen LogP contribution is -2.32. The molecule has 4 nitrogen and oxygen atoms in total. The van der Waals surface area contributed by atoms with Gasteiger partial charge in [0, 0.05) is 17.0 Å². The number of carbonyl (C=O) groups excluding carboxylic acids is 1. The normalized spacial score (nSPS) is 10.7. The first kappa shape index (κ1) is 19.2. The minimum absolute atomic E-state index is 0.00284. The van der Waals surface area contributed by atoms with Gasteiger partial charge in [-0.2, -0.15) is 0 Å². The molecule has 0 aliphatic rings. The van der Waals surface area contributed by atoms with Gasteiger partial charge in [-0.3, -0.25) is 4.79 Å². The molecular formula is C22H25NO3S. The summed E-state index contributed by atoms with van der Waals surface area (Å²) in [5, 5.41) is 2.06. The van der Waals surface area contributed by atoms with E-state index in [2.05, 4.69) is 18.4 Å². The van der Waals surface area contributed by atoms with E-state index in [9.17, 15) is 4.79 Å². The van der Waals surface area contributed by atoms with Gasteiger partial charge >= 0.3 is 0 Å². The predicted molar refractivity (Wildman–Crippen MR) is 108 cm³/mol. The molecule has 3 aromatic rings. The van der Waals surface area contributed by atoms with E-state index >= 15 is 0 Å². The van der Waals surface area contributed by atoms with Crippen LogP contribution in [0.2, 0.25) is 0 Å². The molecule has 2 aromatic heterocycles. The number of rotatable bonds is 10. The average Bonchev–Trinajstić information content (AvgIpc) is 3.39. The lowest BCUT2D eigenvalue weighted by Gasteiger charge is -2.22. The highest BCUT2D eigenvalue weighted by atomic mass is 32.1. The average molecular weight is 384 g/mol. The lowest BCUT2D eigenvalue weighted by atomic mass is 10.1. The largest absolute Gasteiger partial charge is 0.494 e. The SMILES string of the molecule is CCCCOc1ccc(C(=O)N(CCc2cccs2)Cc2ccco2)cc1. The van der Waals surface area contributed by atoms with E-state index in [0.717, 1.165) is 30.8 Å². The van der Waals surface area contributed by atoms with Crippen LogP contribution in [0.25, 0.3) is 0 Å². The predicted octanol–water partition coefficient (Wildman–Crippen LogP) is 5.41. The summed E-state index contributed by atoms with van der Waals surface area (Å²) in [4.78, 5) is 16.2. The minimum atomic E-state index is 0.00284. The van der Waals surface area contributed by atoms with Crippen LogP contribution in [0.15, 0.2) is 64.6 Å². The number of hydrogen-bond acceptors (Lipinski definition) is 4. The lowest BCUT2D eigenvalue weighted by molar-refractivity contribution is 0.0734. The summed E-state index contributed by atoms with van der Waals surface area (Å²) < 4.78 is 11.1. The molecule has 5 heteroatoms. The molecule has 0 saturated heterocycles. The first-order chi connectivity index (χ1) is 13.3. The third-order valence-corrected chi connectivity index (χ3v) is 5.23. The monoisotopic (exact) mass is 383 g/mol. The minimum Gasteiger partial charge on any atom is -0.494 e. The standard InChI is InChI=1S/C22H25NO3S/c1-2-3-14-25-19-10-8-18(9-11-19)22(24)23(17-20-6-4-15-26-20)13-12-21-7-5-16-27-21/h4-11,15-16H,2-3,12-14,17H2,1H3. The summed E-state index contributed by atoms with van der Waals surface area (Å²) in [5.74, 6) is 1.59. The third kappa shape index (κ3) is 5.73. The van der Waals surface area contributed by atoms with E-state index in [1.807, 2.05) is 47.4 Å². The van der Waals surface area contributed by atoms with Gasteiger partial charge in [-0.15, -0.1) is 11.3 Å². The molecule has 0 radical (unpaired) electrons. The van der Waals surface area contributed by atoms with Crippen LogP contribution in [0, 0.1) is 0 Å². The Hall–Kier alpha value is -2.53. The van der Waals surface area contributed by atoms with E-state index in [4.69, 9.17) is 9.15 Å². The van der Waals surface area contributed by atoms with Crippen molar-refractivity contribution in [2.75, 3.05) is 13.2 Å². The Morgan fingerprint density at radius 3 is 2.67 bits per heavy atom. The number of unbranched alkanes of at least 4 members (excludes halogenated alkanes) is 1. The molecule has 0 saturated carbocycles. The summed E-state index contributed by atoms with van der Waals surface area (Å²) in [5.41, 5.74) is 0.663. The molecule has 0 unspecified atom stereocenters. The molecule has 3 rings (SSSR count). The number of furan rings is 1. The zero-order valence-corrected chi connectivity index (χ0v) is 16.4. The van der Waals surface area contributed by atoms with Crippen molar-refractivity contribution in [1.82, 2.24) is 4.90 Å². The first-order valence-electron chi connectivity index (χ1n) is 9.33. The molecule has 0 aliphatic carbocycles. The van der Waals surface area contributed by atoms with Crippen LogP contribution in [-0.2, 0) is 13.0 Å². The fourth-order valence-electron chi connectivity index (χ4n) is 2.75. The van der Waals surface area contributed by atoms with Crippen LogP contribution >= 0.6 is 11.3 Å². The van der Waals surface area contributed by atoms with Crippen molar-refractivity contribution in [3.8, 4) is 5.75 Å². The Labute approximate surface area is 164 Å². The van der Waals surface area contributed by atoms with Crippen molar-refractivity contribution in [1.29, 1.82) is 0 Å². The Kier molecular flexibility index (Phi) is 7.11. The number of carbonyl (C=O) groups is 1. The van der Waals surface area contributed by atoms with Gasteiger partial charge in [-0.1, -0.05) is 19.4 Å². The second-order valence-electron chi connectivity index (χ2n) is 6.36. The Bertz CT molecular complexity index is 795. The molecule has 0 aliphatic heterocycles. The van der Waals surface area contributed by atoms with E-state index in [-0.39, 0.29) is 5.91 Å². The van der Waals surface area contributed by atoms with Gasteiger partial charge in [0.25, 0.3) is 5.91 Å². The van der Waals surface area contributed by atoms with Crippen molar-refractivity contribution in [2.24, 2.45) is 0 Å². The van der Waals surface area contributed by atoms with Crippen molar-refractivity contribution in [2.45, 2.75) is 32.7 Å². The number of hydrogen-bond donors (Lipinski definition) is 0. The molecule has 27 heavy (non-hydrogen) atoms. The summed E-state index contributed by atoms with van der Waals surface area (Å²) in [6.07, 6.45) is 4.60. The highest BCUT2D eigenvalue weighted by Crippen LogP contribution is 2.17. The Morgan fingerprint density at radius 2 is 2.00 bits per heavy atom. The number of benzene rings is 1. The van der Waals surface area contributed by atoms with Crippen LogP contribution in [-0.4, -0.2) is 24.0 Å². The second kappa shape index (κ2) is 9.97. The molecule has 0 bridgehead atoms. The Balaban J connectivity index is 1.67. The van der Waals surface area contributed by atoms with E-state index in [0.29, 0.717) is 25.3 Å². The van der Waals surface area contributed by atoms with Crippen molar-refractivity contribution in [3.63, 3.8) is 0 Å². The topological polar surface area (TPSA) is 42.7 Å². The first-order valence-corrected chi connectivity index (χ1v) is 10.2. The van der Waals surface area contributed by atoms with Gasteiger partial charge in [-0.05, 0) is 60.7 Å². The maximum absolute atomic E-state index is 13.0. The zero-order chi connectivity index (χ0) is 18.9. The van der Waals surface area contributed by atoms with E-state index in [1.54, 1.807) is 17.6 Å². The Morgan fingerprint density at radius 1 is 1.15 bits per heavy atom. The van der Waals surface area contributed by atoms with Crippen molar-refractivity contribution < 1.29 is 13.9 Å². The summed E-state index contributed by atoms with van der Waals surface area (Å²) >= 11 is 1.71. The van der Waals surface area contributed by atoms with E-state index < -0.39 is 0 Å². The molecule has 0 spiro atoms. The van der Waals surface area contributed by atoms with Gasteiger partial charge in [0.15, 0.2) is 0 Å². The van der Waals surface area contributed by atoms with Gasteiger partial charge in [0.2, 0.25) is 0 Å². The van der Waals surface area contributed by atoms with Crippen LogP contribution in [0.5, 0.6) is 5.75 Å². The third-order valence-electron chi connectivity index (χ3n) is 4.29. The fraction of sp³-hybridized carbons (Fsp3) is 0.318. The molecule has 1 amide bonds. The van der Waals surface area contributed by atoms with Gasteiger partial charge in [0.05, 0.1) is 19.4 Å². The maximum atomic E-state index is 13.0. The van der Waals surface area contributed by atoms with Crippen LogP contribution in [0.3, 0.4) is 0 Å². The van der Waals surface area contributed by atoms with E-state index in [1.165, 1.54) is 4.88 Å². The van der Waals surface area contributed by atoms with Crippen LogP contribution in [0.4, 0.5) is 0 Å².